The normalized spacial score (nSPS) is 14.7. The molecule has 0 saturated carbocycles. The number of carbonyl (C=O) groups excluding carboxylic acids is 3. The molecule has 1 saturated heterocycles. The predicted octanol–water partition coefficient (Wildman–Crippen LogP) is 2.94. The molecule has 1 amide bonds. The van der Waals surface area contributed by atoms with Crippen molar-refractivity contribution in [3.05, 3.63) is 71.3 Å². The van der Waals surface area contributed by atoms with Crippen molar-refractivity contribution in [3.63, 3.8) is 0 Å². The van der Waals surface area contributed by atoms with Crippen molar-refractivity contribution in [2.24, 2.45) is 5.92 Å². The van der Waals surface area contributed by atoms with Crippen molar-refractivity contribution in [3.8, 4) is 0 Å². The van der Waals surface area contributed by atoms with E-state index in [1.807, 2.05) is 6.07 Å². The van der Waals surface area contributed by atoms with Crippen LogP contribution in [-0.4, -0.2) is 42.8 Å². The molecule has 1 heterocycles. The third-order valence-corrected chi connectivity index (χ3v) is 4.75. The van der Waals surface area contributed by atoms with E-state index in [0.29, 0.717) is 42.6 Å². The van der Waals surface area contributed by atoms with E-state index in [0.717, 1.165) is 0 Å². The van der Waals surface area contributed by atoms with Gasteiger partial charge >= 0.3 is 5.97 Å². The number of rotatable bonds is 4. The Labute approximate surface area is 152 Å². The van der Waals surface area contributed by atoms with E-state index in [2.05, 4.69) is 0 Å². The Kier molecular flexibility index (Phi) is 5.46. The molecule has 0 bridgehead atoms. The van der Waals surface area contributed by atoms with Gasteiger partial charge in [-0.25, -0.2) is 0 Å². The van der Waals surface area contributed by atoms with Crippen LogP contribution in [0.3, 0.4) is 0 Å². The molecule has 0 spiro atoms. The van der Waals surface area contributed by atoms with E-state index in [-0.39, 0.29) is 23.6 Å². The van der Waals surface area contributed by atoms with Gasteiger partial charge in [-0.3, -0.25) is 14.4 Å². The van der Waals surface area contributed by atoms with Crippen LogP contribution in [0.4, 0.5) is 0 Å². The summed E-state index contributed by atoms with van der Waals surface area (Å²) in [5.41, 5.74) is 1.36. The van der Waals surface area contributed by atoms with Crippen molar-refractivity contribution in [2.45, 2.75) is 12.8 Å². The number of hydrogen-bond acceptors (Lipinski definition) is 4. The third kappa shape index (κ3) is 3.67. The van der Waals surface area contributed by atoms with Gasteiger partial charge in [0, 0.05) is 24.2 Å². The first-order chi connectivity index (χ1) is 12.6. The van der Waals surface area contributed by atoms with Crippen molar-refractivity contribution in [1.82, 2.24) is 4.90 Å². The lowest BCUT2D eigenvalue weighted by atomic mass is 9.94. The Hall–Kier alpha value is -2.95. The van der Waals surface area contributed by atoms with Crippen LogP contribution in [0, 0.1) is 5.92 Å². The van der Waals surface area contributed by atoms with E-state index >= 15 is 0 Å². The monoisotopic (exact) mass is 351 g/mol. The highest BCUT2D eigenvalue weighted by molar-refractivity contribution is 6.15. The average Bonchev–Trinajstić information content (AvgIpc) is 2.73. The Morgan fingerprint density at radius 2 is 1.46 bits per heavy atom. The maximum absolute atomic E-state index is 13.0. The zero-order chi connectivity index (χ0) is 18.5. The number of benzene rings is 2. The van der Waals surface area contributed by atoms with Gasteiger partial charge < -0.3 is 9.64 Å². The molecule has 2 aromatic rings. The van der Waals surface area contributed by atoms with E-state index < -0.39 is 0 Å². The first kappa shape index (κ1) is 17.9. The molecule has 1 aliphatic rings. The summed E-state index contributed by atoms with van der Waals surface area (Å²) in [6, 6.07) is 15.8. The second-order valence-electron chi connectivity index (χ2n) is 6.33. The topological polar surface area (TPSA) is 63.7 Å². The molecule has 0 aliphatic carbocycles. The fraction of sp³-hybridized carbons (Fsp3) is 0.286. The molecular weight excluding hydrogens is 330 g/mol. The molecule has 3 rings (SSSR count). The molecule has 134 valence electrons. The van der Waals surface area contributed by atoms with Crippen LogP contribution in [0.15, 0.2) is 54.6 Å². The molecule has 0 atom stereocenters. The molecule has 0 aromatic heterocycles. The SMILES string of the molecule is COC(=O)C1CCN(C(=O)c2ccccc2C(=O)c2ccccc2)CC1. The molecule has 1 aliphatic heterocycles. The smallest absolute Gasteiger partial charge is 0.308 e. The van der Waals surface area contributed by atoms with Gasteiger partial charge in [0.15, 0.2) is 5.78 Å². The fourth-order valence-electron chi connectivity index (χ4n) is 3.27. The number of piperidine rings is 1. The van der Waals surface area contributed by atoms with Crippen molar-refractivity contribution >= 4 is 17.7 Å². The average molecular weight is 351 g/mol. The highest BCUT2D eigenvalue weighted by Crippen LogP contribution is 2.22. The minimum absolute atomic E-state index is 0.162. The number of ether oxygens (including phenoxy) is 1. The van der Waals surface area contributed by atoms with E-state index in [1.54, 1.807) is 53.4 Å². The zero-order valence-electron chi connectivity index (χ0n) is 14.7. The van der Waals surface area contributed by atoms with Gasteiger partial charge in [-0.15, -0.1) is 0 Å². The number of likely N-dealkylation sites (tertiary alicyclic amines) is 1. The third-order valence-electron chi connectivity index (χ3n) is 4.75. The number of carbonyl (C=O) groups is 3. The second-order valence-corrected chi connectivity index (χ2v) is 6.33. The van der Waals surface area contributed by atoms with Gasteiger partial charge in [0.1, 0.15) is 0 Å². The molecule has 26 heavy (non-hydrogen) atoms. The highest BCUT2D eigenvalue weighted by Gasteiger charge is 2.29. The van der Waals surface area contributed by atoms with Gasteiger partial charge in [-0.05, 0) is 18.9 Å². The summed E-state index contributed by atoms with van der Waals surface area (Å²) in [5.74, 6) is -0.728. The van der Waals surface area contributed by atoms with Gasteiger partial charge in [0.25, 0.3) is 5.91 Å². The highest BCUT2D eigenvalue weighted by atomic mass is 16.5. The molecule has 5 nitrogen and oxygen atoms in total. The molecule has 0 N–H and O–H groups in total. The number of esters is 1. The Balaban J connectivity index is 1.79. The lowest BCUT2D eigenvalue weighted by Crippen LogP contribution is -2.41. The minimum Gasteiger partial charge on any atom is -0.469 e. The minimum atomic E-state index is -0.225. The number of hydrogen-bond donors (Lipinski definition) is 0. The van der Waals surface area contributed by atoms with Crippen molar-refractivity contribution < 1.29 is 19.1 Å². The summed E-state index contributed by atoms with van der Waals surface area (Å²) >= 11 is 0. The fourth-order valence-corrected chi connectivity index (χ4v) is 3.27. The number of nitrogens with zero attached hydrogens (tertiary/aromatic N) is 1. The van der Waals surface area contributed by atoms with E-state index in [4.69, 9.17) is 4.74 Å². The Morgan fingerprint density at radius 3 is 2.08 bits per heavy atom. The van der Waals surface area contributed by atoms with Crippen LogP contribution in [0.2, 0.25) is 0 Å². The Bertz CT molecular complexity index is 808. The van der Waals surface area contributed by atoms with Crippen LogP contribution in [0.25, 0.3) is 0 Å². The maximum Gasteiger partial charge on any atom is 0.308 e. The van der Waals surface area contributed by atoms with Crippen LogP contribution in [0.1, 0.15) is 39.1 Å². The summed E-state index contributed by atoms with van der Waals surface area (Å²) in [6.07, 6.45) is 1.15. The number of ketones is 1. The van der Waals surface area contributed by atoms with Gasteiger partial charge in [-0.1, -0.05) is 48.5 Å². The van der Waals surface area contributed by atoms with Crippen LogP contribution >= 0.6 is 0 Å². The standard InChI is InChI=1S/C21H21NO4/c1-26-21(25)16-11-13-22(14-12-16)20(24)18-10-6-5-9-17(18)19(23)15-7-3-2-4-8-15/h2-10,16H,11-14H2,1H3. The summed E-state index contributed by atoms with van der Waals surface area (Å²) in [4.78, 5) is 39.1. The van der Waals surface area contributed by atoms with Gasteiger partial charge in [0.2, 0.25) is 0 Å². The van der Waals surface area contributed by atoms with Crippen LogP contribution < -0.4 is 0 Å². The lowest BCUT2D eigenvalue weighted by molar-refractivity contribution is -0.146. The van der Waals surface area contributed by atoms with Crippen molar-refractivity contribution in [1.29, 1.82) is 0 Å². The van der Waals surface area contributed by atoms with E-state index in [9.17, 15) is 14.4 Å². The zero-order valence-corrected chi connectivity index (χ0v) is 14.7. The first-order valence-electron chi connectivity index (χ1n) is 8.67. The Morgan fingerprint density at radius 1 is 0.885 bits per heavy atom. The molecule has 5 heteroatoms. The lowest BCUT2D eigenvalue weighted by Gasteiger charge is -2.31. The summed E-state index contributed by atoms with van der Waals surface area (Å²) < 4.78 is 4.78. The summed E-state index contributed by atoms with van der Waals surface area (Å²) in [5, 5.41) is 0. The maximum atomic E-state index is 13.0. The van der Waals surface area contributed by atoms with Gasteiger partial charge in [0.05, 0.1) is 18.6 Å². The number of amides is 1. The summed E-state index contributed by atoms with van der Waals surface area (Å²) in [6.45, 7) is 0.957. The van der Waals surface area contributed by atoms with E-state index in [1.165, 1.54) is 7.11 Å². The van der Waals surface area contributed by atoms with Crippen LogP contribution in [-0.2, 0) is 9.53 Å². The number of methoxy groups -OCH3 is 1. The first-order valence-corrected chi connectivity index (χ1v) is 8.67. The molecule has 2 aromatic carbocycles. The quantitative estimate of drug-likeness (QED) is 0.628. The predicted molar refractivity (Wildman–Crippen MR) is 97.0 cm³/mol. The van der Waals surface area contributed by atoms with Crippen LogP contribution in [0.5, 0.6) is 0 Å². The molecule has 0 unspecified atom stereocenters. The molecule has 1 fully saturated rings. The second kappa shape index (κ2) is 7.95. The molecule has 0 radical (unpaired) electrons. The van der Waals surface area contributed by atoms with Gasteiger partial charge in [-0.2, -0.15) is 0 Å². The summed E-state index contributed by atoms with van der Waals surface area (Å²) in [7, 11) is 1.38. The largest absolute Gasteiger partial charge is 0.469 e. The molecular formula is C21H21NO4. The van der Waals surface area contributed by atoms with Crippen molar-refractivity contribution in [2.75, 3.05) is 20.2 Å².